The first-order valence-electron chi connectivity index (χ1n) is 17.3. The lowest BCUT2D eigenvalue weighted by Crippen LogP contribution is -2.68. The number of nitrogens with zero attached hydrogens (tertiary/aromatic N) is 3. The van der Waals surface area contributed by atoms with Gasteiger partial charge in [-0.1, -0.05) is 81.4 Å². The molecule has 2 aliphatic carbocycles. The van der Waals surface area contributed by atoms with Crippen LogP contribution in [0.2, 0.25) is 5.04 Å². The standard InChI is InChI=1S/C40H45N3O4SSi/c1-39(2,3)46-38(45)42-25-27-23-29(19-22-35(27)41-42)43(28-17-18-28)37(44)34-26-48-36-24-30(20-21-33(34)36)47-49(40(4,5)6,31-13-9-7-10-14-31)32-15-11-8-12-16-32/h7-16,20-21,24-26,28-29H,17-19,22-23H2,1-6H3. The Balaban J connectivity index is 1.17. The predicted octanol–water partition coefficient (Wildman–Crippen LogP) is 7.98. The molecule has 0 aliphatic heterocycles. The van der Waals surface area contributed by atoms with Crippen molar-refractivity contribution in [3.8, 4) is 5.75 Å². The van der Waals surface area contributed by atoms with Crippen LogP contribution in [0.4, 0.5) is 4.79 Å². The molecule has 0 spiro atoms. The van der Waals surface area contributed by atoms with Crippen LogP contribution in [0.1, 0.15) is 82.4 Å². The van der Waals surface area contributed by atoms with Gasteiger partial charge >= 0.3 is 14.4 Å². The van der Waals surface area contributed by atoms with E-state index >= 15 is 0 Å². The van der Waals surface area contributed by atoms with Gasteiger partial charge in [-0.2, -0.15) is 9.78 Å². The highest BCUT2D eigenvalue weighted by Crippen LogP contribution is 2.40. The molecule has 0 saturated heterocycles. The lowest BCUT2D eigenvalue weighted by molar-refractivity contribution is 0.0513. The number of aryl methyl sites for hydroxylation is 1. The number of rotatable bonds is 7. The lowest BCUT2D eigenvalue weighted by atomic mass is 9.91. The SMILES string of the molecule is CC(C)(C)OC(=O)n1cc2c(n1)CCC(N(C(=O)c1csc3cc(O[Si](c4ccccc4)(c4ccccc4)C(C)(C)C)ccc13)C1CC1)C2. The molecule has 7 nitrogen and oxygen atoms in total. The molecule has 49 heavy (non-hydrogen) atoms. The van der Waals surface area contributed by atoms with E-state index < -0.39 is 20.0 Å². The van der Waals surface area contributed by atoms with Crippen LogP contribution in [0.15, 0.2) is 90.4 Å². The zero-order valence-electron chi connectivity index (χ0n) is 29.2. The van der Waals surface area contributed by atoms with Crippen molar-refractivity contribution in [2.75, 3.05) is 0 Å². The first kappa shape index (κ1) is 33.3. The van der Waals surface area contributed by atoms with Gasteiger partial charge in [0.15, 0.2) is 0 Å². The Morgan fingerprint density at radius 2 is 1.53 bits per heavy atom. The molecule has 3 aromatic carbocycles. The molecule has 5 aromatic rings. The van der Waals surface area contributed by atoms with Crippen molar-refractivity contribution < 1.29 is 18.8 Å². The van der Waals surface area contributed by atoms with Crippen LogP contribution in [-0.4, -0.2) is 52.7 Å². The fourth-order valence-corrected chi connectivity index (χ4v) is 12.7. The summed E-state index contributed by atoms with van der Waals surface area (Å²) in [6, 6.07) is 27.8. The monoisotopic (exact) mass is 691 g/mol. The summed E-state index contributed by atoms with van der Waals surface area (Å²) >= 11 is 1.60. The molecule has 1 atom stereocenters. The smallest absolute Gasteiger partial charge is 0.435 e. The second kappa shape index (κ2) is 12.6. The second-order valence-corrected chi connectivity index (χ2v) is 20.6. The third-order valence-corrected chi connectivity index (χ3v) is 15.6. The summed E-state index contributed by atoms with van der Waals surface area (Å²) < 4.78 is 15.2. The summed E-state index contributed by atoms with van der Waals surface area (Å²) in [7, 11) is -2.79. The summed E-state index contributed by atoms with van der Waals surface area (Å²) in [5.74, 6) is 0.908. The van der Waals surface area contributed by atoms with Gasteiger partial charge in [-0.25, -0.2) is 4.79 Å². The van der Waals surface area contributed by atoms with Gasteiger partial charge in [-0.05, 0) is 92.0 Å². The van der Waals surface area contributed by atoms with Gasteiger partial charge < -0.3 is 14.1 Å². The van der Waals surface area contributed by atoms with E-state index in [2.05, 4.69) is 104 Å². The fraction of sp³-hybridized carbons (Fsp3) is 0.375. The number of benzene rings is 3. The minimum atomic E-state index is -2.79. The van der Waals surface area contributed by atoms with Crippen molar-refractivity contribution >= 4 is 52.1 Å². The summed E-state index contributed by atoms with van der Waals surface area (Å²) in [6.07, 6.45) is 5.57. The second-order valence-electron chi connectivity index (χ2n) is 15.4. The van der Waals surface area contributed by atoms with E-state index in [1.54, 1.807) is 17.5 Å². The minimum Gasteiger partial charge on any atom is -0.534 e. The Labute approximate surface area is 294 Å². The molecule has 9 heteroatoms. The van der Waals surface area contributed by atoms with Gasteiger partial charge in [0.1, 0.15) is 11.4 Å². The minimum absolute atomic E-state index is 0.0523. The highest BCUT2D eigenvalue weighted by molar-refractivity contribution is 7.17. The molecular weight excluding hydrogens is 647 g/mol. The maximum atomic E-state index is 14.4. The number of carbonyl (C=O) groups is 2. The van der Waals surface area contributed by atoms with E-state index in [1.165, 1.54) is 15.1 Å². The molecule has 2 heterocycles. The highest BCUT2D eigenvalue weighted by atomic mass is 32.1. The van der Waals surface area contributed by atoms with Crippen LogP contribution in [0.5, 0.6) is 5.75 Å². The van der Waals surface area contributed by atoms with E-state index in [1.807, 2.05) is 32.2 Å². The van der Waals surface area contributed by atoms with E-state index in [9.17, 15) is 9.59 Å². The van der Waals surface area contributed by atoms with E-state index in [0.29, 0.717) is 6.42 Å². The van der Waals surface area contributed by atoms with Gasteiger partial charge in [0.05, 0.1) is 11.3 Å². The normalized spacial score (nSPS) is 16.7. The van der Waals surface area contributed by atoms with Gasteiger partial charge in [-0.3, -0.25) is 4.79 Å². The van der Waals surface area contributed by atoms with Crippen molar-refractivity contribution in [3.05, 3.63) is 107 Å². The molecular formula is C40H45N3O4SSi. The van der Waals surface area contributed by atoms with Crippen molar-refractivity contribution in [1.29, 1.82) is 0 Å². The van der Waals surface area contributed by atoms with Crippen molar-refractivity contribution in [1.82, 2.24) is 14.7 Å². The van der Waals surface area contributed by atoms with Crippen LogP contribution in [-0.2, 0) is 17.6 Å². The van der Waals surface area contributed by atoms with Crippen LogP contribution < -0.4 is 14.8 Å². The molecule has 1 amide bonds. The first-order valence-corrected chi connectivity index (χ1v) is 20.1. The zero-order valence-corrected chi connectivity index (χ0v) is 31.0. The predicted molar refractivity (Wildman–Crippen MR) is 199 cm³/mol. The van der Waals surface area contributed by atoms with Gasteiger partial charge in [0, 0.05) is 33.7 Å². The molecule has 0 bridgehead atoms. The van der Waals surface area contributed by atoms with Crippen LogP contribution in [0.25, 0.3) is 10.1 Å². The van der Waals surface area contributed by atoms with E-state index in [0.717, 1.165) is 58.3 Å². The topological polar surface area (TPSA) is 73.7 Å². The molecule has 254 valence electrons. The van der Waals surface area contributed by atoms with Gasteiger partial charge in [0.2, 0.25) is 0 Å². The molecule has 1 saturated carbocycles. The zero-order chi connectivity index (χ0) is 34.6. The molecule has 7 rings (SSSR count). The average molecular weight is 692 g/mol. The van der Waals surface area contributed by atoms with Gasteiger partial charge in [0.25, 0.3) is 5.91 Å². The summed E-state index contributed by atoms with van der Waals surface area (Å²) in [5.41, 5.74) is 2.08. The summed E-state index contributed by atoms with van der Waals surface area (Å²) in [4.78, 5) is 29.2. The van der Waals surface area contributed by atoms with Crippen LogP contribution >= 0.6 is 11.3 Å². The van der Waals surface area contributed by atoms with Crippen LogP contribution in [0.3, 0.4) is 0 Å². The summed E-state index contributed by atoms with van der Waals surface area (Å²) in [5, 5.41) is 9.82. The molecule has 0 radical (unpaired) electrons. The number of aromatic nitrogens is 2. The Kier molecular flexibility index (Phi) is 8.56. The third-order valence-electron chi connectivity index (χ3n) is 9.66. The van der Waals surface area contributed by atoms with Gasteiger partial charge in [-0.15, -0.1) is 11.3 Å². The van der Waals surface area contributed by atoms with Crippen molar-refractivity contribution in [3.63, 3.8) is 0 Å². The maximum Gasteiger partial charge on any atom is 0.435 e. The number of thiophene rings is 1. The Bertz CT molecular complexity index is 1950. The van der Waals surface area contributed by atoms with Crippen molar-refractivity contribution in [2.24, 2.45) is 0 Å². The number of carbonyl (C=O) groups excluding carboxylic acids is 2. The number of fused-ring (bicyclic) bond motifs is 2. The van der Waals surface area contributed by atoms with Crippen LogP contribution in [0, 0.1) is 0 Å². The van der Waals surface area contributed by atoms with E-state index in [4.69, 9.17) is 9.16 Å². The molecule has 2 aliphatic rings. The van der Waals surface area contributed by atoms with E-state index in [-0.39, 0.29) is 23.0 Å². The lowest BCUT2D eigenvalue weighted by Gasteiger charge is -2.43. The summed E-state index contributed by atoms with van der Waals surface area (Å²) in [6.45, 7) is 12.4. The number of hydrogen-bond donors (Lipinski definition) is 0. The Morgan fingerprint density at radius 3 is 2.12 bits per heavy atom. The van der Waals surface area contributed by atoms with Crippen molar-refractivity contribution in [2.45, 2.75) is 96.4 Å². The Morgan fingerprint density at radius 1 is 0.878 bits per heavy atom. The highest BCUT2D eigenvalue weighted by Gasteiger charge is 2.52. The average Bonchev–Trinajstić information content (AvgIpc) is 3.64. The molecule has 1 fully saturated rings. The first-order chi connectivity index (χ1) is 23.3. The number of amides is 1. The quantitative estimate of drug-likeness (QED) is 0.162. The number of hydrogen-bond acceptors (Lipinski definition) is 6. The third kappa shape index (κ3) is 6.46. The Hall–Kier alpha value is -4.21. The number of ether oxygens (including phenoxy) is 1. The largest absolute Gasteiger partial charge is 0.534 e. The molecule has 1 unspecified atom stereocenters. The molecule has 0 N–H and O–H groups in total. The maximum absolute atomic E-state index is 14.4. The fourth-order valence-electron chi connectivity index (χ4n) is 7.31. The molecule has 2 aromatic heterocycles.